The van der Waals surface area contributed by atoms with Gasteiger partial charge < -0.3 is 5.11 Å². The van der Waals surface area contributed by atoms with Gasteiger partial charge in [-0.15, -0.1) is 0 Å². The molecule has 0 fully saturated rings. The second-order valence-corrected chi connectivity index (χ2v) is 7.96. The number of nitrogens with zero attached hydrogens (tertiary/aromatic N) is 1. The SMILES string of the molecule is CCN(CC)Cc1ccc(C(C)(C)C)c(O)c1C(C)(C)C. The Bertz CT molecular complexity index is 474. The summed E-state index contributed by atoms with van der Waals surface area (Å²) in [6.45, 7) is 20.3. The molecule has 0 bridgehead atoms. The van der Waals surface area contributed by atoms with Gasteiger partial charge in [0.1, 0.15) is 5.75 Å². The molecule has 120 valence electrons. The van der Waals surface area contributed by atoms with Gasteiger partial charge in [0.15, 0.2) is 0 Å². The van der Waals surface area contributed by atoms with Crippen LogP contribution in [-0.2, 0) is 17.4 Å². The maximum Gasteiger partial charge on any atom is 0.123 e. The third-order valence-electron chi connectivity index (χ3n) is 4.11. The Morgan fingerprint density at radius 3 is 1.81 bits per heavy atom. The van der Waals surface area contributed by atoms with Crippen molar-refractivity contribution in [3.63, 3.8) is 0 Å². The molecule has 0 saturated heterocycles. The highest BCUT2D eigenvalue weighted by molar-refractivity contribution is 5.51. The minimum Gasteiger partial charge on any atom is -0.507 e. The lowest BCUT2D eigenvalue weighted by molar-refractivity contribution is 0.292. The minimum atomic E-state index is -0.0617. The van der Waals surface area contributed by atoms with Crippen LogP contribution in [0.5, 0.6) is 5.75 Å². The Morgan fingerprint density at radius 2 is 1.43 bits per heavy atom. The summed E-state index contributed by atoms with van der Waals surface area (Å²) in [7, 11) is 0. The van der Waals surface area contributed by atoms with Crippen LogP contribution in [0.25, 0.3) is 0 Å². The van der Waals surface area contributed by atoms with Crippen LogP contribution < -0.4 is 0 Å². The monoisotopic (exact) mass is 291 g/mol. The van der Waals surface area contributed by atoms with Crippen LogP contribution in [0.3, 0.4) is 0 Å². The Hall–Kier alpha value is -1.02. The zero-order valence-corrected chi connectivity index (χ0v) is 15.2. The average molecular weight is 291 g/mol. The van der Waals surface area contributed by atoms with Gasteiger partial charge in [-0.25, -0.2) is 0 Å². The molecule has 0 radical (unpaired) electrons. The van der Waals surface area contributed by atoms with Crippen LogP contribution in [0, 0.1) is 0 Å². The number of phenols is 1. The highest BCUT2D eigenvalue weighted by atomic mass is 16.3. The van der Waals surface area contributed by atoms with Crippen molar-refractivity contribution in [2.24, 2.45) is 0 Å². The van der Waals surface area contributed by atoms with Crippen molar-refractivity contribution in [1.82, 2.24) is 4.90 Å². The van der Waals surface area contributed by atoms with Crippen molar-refractivity contribution in [2.45, 2.75) is 72.8 Å². The van der Waals surface area contributed by atoms with Crippen molar-refractivity contribution < 1.29 is 5.11 Å². The Kier molecular flexibility index (Phi) is 5.49. The number of phenolic OH excluding ortho intramolecular Hbond substituents is 1. The lowest BCUT2D eigenvalue weighted by Gasteiger charge is -2.31. The Balaban J connectivity index is 3.43. The highest BCUT2D eigenvalue weighted by Crippen LogP contribution is 2.41. The molecule has 0 amide bonds. The molecule has 0 aliphatic carbocycles. The van der Waals surface area contributed by atoms with Crippen LogP contribution >= 0.6 is 0 Å². The molecule has 1 aromatic rings. The summed E-state index contributed by atoms with van der Waals surface area (Å²) < 4.78 is 0. The number of hydrogen-bond donors (Lipinski definition) is 1. The number of hydrogen-bond acceptors (Lipinski definition) is 2. The van der Waals surface area contributed by atoms with E-state index in [1.165, 1.54) is 5.56 Å². The molecule has 0 heterocycles. The van der Waals surface area contributed by atoms with E-state index in [1.807, 2.05) is 0 Å². The van der Waals surface area contributed by atoms with Crippen molar-refractivity contribution in [2.75, 3.05) is 13.1 Å². The summed E-state index contributed by atoms with van der Waals surface area (Å²) in [6, 6.07) is 4.31. The second-order valence-electron chi connectivity index (χ2n) is 7.96. The van der Waals surface area contributed by atoms with Crippen LogP contribution in [0.4, 0.5) is 0 Å². The van der Waals surface area contributed by atoms with Crippen molar-refractivity contribution in [3.05, 3.63) is 28.8 Å². The van der Waals surface area contributed by atoms with Gasteiger partial charge in [-0.1, -0.05) is 67.5 Å². The standard InChI is InChI=1S/C19H33NO/c1-9-20(10-2)13-14-11-12-15(18(3,4)5)17(21)16(14)19(6,7)8/h11-12,21H,9-10,13H2,1-8H3. The molecule has 0 spiro atoms. The van der Waals surface area contributed by atoms with Crippen molar-refractivity contribution >= 4 is 0 Å². The van der Waals surface area contributed by atoms with E-state index in [1.54, 1.807) is 0 Å². The molecule has 2 nitrogen and oxygen atoms in total. The summed E-state index contributed by atoms with van der Waals surface area (Å²) in [5.41, 5.74) is 3.28. The summed E-state index contributed by atoms with van der Waals surface area (Å²) in [6.07, 6.45) is 0. The summed E-state index contributed by atoms with van der Waals surface area (Å²) in [5.74, 6) is 0.486. The fourth-order valence-corrected chi connectivity index (χ4v) is 2.89. The molecule has 0 aliphatic heterocycles. The van der Waals surface area contributed by atoms with Gasteiger partial charge in [0.05, 0.1) is 0 Å². The molecule has 2 heteroatoms. The molecule has 1 aromatic carbocycles. The molecular formula is C19H33NO. The quantitative estimate of drug-likeness (QED) is 0.859. The number of benzene rings is 1. The first-order valence-electron chi connectivity index (χ1n) is 8.10. The Morgan fingerprint density at radius 1 is 0.905 bits per heavy atom. The molecule has 0 atom stereocenters. The Labute approximate surface area is 131 Å². The van der Waals surface area contributed by atoms with E-state index in [4.69, 9.17) is 0 Å². The van der Waals surface area contributed by atoms with E-state index >= 15 is 0 Å². The van der Waals surface area contributed by atoms with Crippen LogP contribution in [-0.4, -0.2) is 23.1 Å². The molecule has 1 N–H and O–H groups in total. The maximum atomic E-state index is 10.9. The van der Waals surface area contributed by atoms with E-state index in [0.29, 0.717) is 5.75 Å². The number of aromatic hydroxyl groups is 1. The third-order valence-corrected chi connectivity index (χ3v) is 4.11. The third kappa shape index (κ3) is 4.23. The van der Waals surface area contributed by atoms with Gasteiger partial charge in [-0.05, 0) is 35.0 Å². The molecule has 0 aliphatic rings. The number of rotatable bonds is 4. The van der Waals surface area contributed by atoms with Gasteiger partial charge in [0.25, 0.3) is 0 Å². The zero-order valence-electron chi connectivity index (χ0n) is 15.2. The van der Waals surface area contributed by atoms with Crippen LogP contribution in [0.15, 0.2) is 12.1 Å². The fourth-order valence-electron chi connectivity index (χ4n) is 2.89. The van der Waals surface area contributed by atoms with E-state index in [0.717, 1.165) is 30.8 Å². The molecular weight excluding hydrogens is 258 g/mol. The van der Waals surface area contributed by atoms with Gasteiger partial charge in [0, 0.05) is 12.1 Å². The molecule has 0 aromatic heterocycles. The van der Waals surface area contributed by atoms with Gasteiger partial charge in [0.2, 0.25) is 0 Å². The fraction of sp³-hybridized carbons (Fsp3) is 0.684. The topological polar surface area (TPSA) is 23.5 Å². The predicted molar refractivity (Wildman–Crippen MR) is 92.1 cm³/mol. The van der Waals surface area contributed by atoms with Gasteiger partial charge >= 0.3 is 0 Å². The second kappa shape index (κ2) is 6.39. The normalized spacial score (nSPS) is 13.0. The largest absolute Gasteiger partial charge is 0.507 e. The average Bonchev–Trinajstić information content (AvgIpc) is 2.32. The first-order valence-corrected chi connectivity index (χ1v) is 8.10. The van der Waals surface area contributed by atoms with Gasteiger partial charge in [-0.2, -0.15) is 0 Å². The van der Waals surface area contributed by atoms with E-state index < -0.39 is 0 Å². The van der Waals surface area contributed by atoms with E-state index in [9.17, 15) is 5.11 Å². The highest BCUT2D eigenvalue weighted by Gasteiger charge is 2.28. The zero-order chi connectivity index (χ0) is 16.4. The van der Waals surface area contributed by atoms with E-state index in [-0.39, 0.29) is 10.8 Å². The van der Waals surface area contributed by atoms with Crippen molar-refractivity contribution in [3.8, 4) is 5.75 Å². The molecule has 21 heavy (non-hydrogen) atoms. The van der Waals surface area contributed by atoms with Crippen LogP contribution in [0.2, 0.25) is 0 Å². The van der Waals surface area contributed by atoms with Crippen molar-refractivity contribution in [1.29, 1.82) is 0 Å². The summed E-state index contributed by atoms with van der Waals surface area (Å²) in [5, 5.41) is 10.9. The molecule has 0 saturated carbocycles. The van der Waals surface area contributed by atoms with Gasteiger partial charge in [-0.3, -0.25) is 4.90 Å². The maximum absolute atomic E-state index is 10.9. The first-order chi connectivity index (χ1) is 9.52. The summed E-state index contributed by atoms with van der Waals surface area (Å²) >= 11 is 0. The molecule has 0 unspecified atom stereocenters. The van der Waals surface area contributed by atoms with E-state index in [2.05, 4.69) is 72.4 Å². The minimum absolute atomic E-state index is 0.0438. The predicted octanol–water partition coefficient (Wildman–Crippen LogP) is 4.83. The first kappa shape index (κ1) is 18.0. The lowest BCUT2D eigenvalue weighted by atomic mass is 9.77. The smallest absolute Gasteiger partial charge is 0.123 e. The summed E-state index contributed by atoms with van der Waals surface area (Å²) in [4.78, 5) is 2.39. The van der Waals surface area contributed by atoms with Crippen LogP contribution in [0.1, 0.15) is 72.1 Å². The molecule has 1 rings (SSSR count). The lowest BCUT2D eigenvalue weighted by Crippen LogP contribution is -2.26.